The van der Waals surface area contributed by atoms with E-state index in [-0.39, 0.29) is 0 Å². The molecule has 0 saturated carbocycles. The number of aryl methyl sites for hydroxylation is 1. The lowest BCUT2D eigenvalue weighted by atomic mass is 9.92. The maximum absolute atomic E-state index is 4.95. The average Bonchev–Trinajstić information content (AvgIpc) is 3.22. The summed E-state index contributed by atoms with van der Waals surface area (Å²) in [6.07, 6.45) is 4.37. The molecule has 3 N–H and O–H groups in total. The SMILES string of the molecule is Cc1c(-c2cc3nc(C4CCNC(C)C4)[nH+]cc3[nH]2)sc2ccccc12. The zero-order valence-corrected chi connectivity index (χ0v) is 15.9. The van der Waals surface area contributed by atoms with Gasteiger partial charge in [-0.05, 0) is 55.2 Å². The van der Waals surface area contributed by atoms with E-state index >= 15 is 0 Å². The highest BCUT2D eigenvalue weighted by Gasteiger charge is 2.27. The lowest BCUT2D eigenvalue weighted by Gasteiger charge is -2.24. The van der Waals surface area contributed by atoms with E-state index < -0.39 is 0 Å². The van der Waals surface area contributed by atoms with Gasteiger partial charge >= 0.3 is 0 Å². The molecule has 0 spiro atoms. The van der Waals surface area contributed by atoms with Crippen molar-refractivity contribution in [3.8, 4) is 10.6 Å². The van der Waals surface area contributed by atoms with Crippen molar-refractivity contribution in [3.05, 3.63) is 47.9 Å². The van der Waals surface area contributed by atoms with Gasteiger partial charge in [-0.2, -0.15) is 0 Å². The molecule has 4 nitrogen and oxygen atoms in total. The summed E-state index contributed by atoms with van der Waals surface area (Å²) in [7, 11) is 0. The van der Waals surface area contributed by atoms with Crippen LogP contribution in [0.25, 0.3) is 31.7 Å². The molecule has 1 aliphatic heterocycles. The van der Waals surface area contributed by atoms with E-state index in [4.69, 9.17) is 4.98 Å². The van der Waals surface area contributed by atoms with Gasteiger partial charge in [0.15, 0.2) is 0 Å². The van der Waals surface area contributed by atoms with Crippen LogP contribution in [0.5, 0.6) is 0 Å². The smallest absolute Gasteiger partial charge is 0.300 e. The molecule has 1 aromatic carbocycles. The Bertz CT molecular complexity index is 1090. The number of thiophene rings is 1. The van der Waals surface area contributed by atoms with E-state index in [1.165, 1.54) is 20.5 Å². The van der Waals surface area contributed by atoms with Crippen LogP contribution < -0.4 is 10.3 Å². The zero-order valence-electron chi connectivity index (χ0n) is 15.1. The number of rotatable bonds is 2. The van der Waals surface area contributed by atoms with Crippen LogP contribution >= 0.6 is 11.3 Å². The summed E-state index contributed by atoms with van der Waals surface area (Å²) in [5.74, 6) is 1.63. The van der Waals surface area contributed by atoms with E-state index in [0.29, 0.717) is 12.0 Å². The van der Waals surface area contributed by atoms with Crippen molar-refractivity contribution in [2.45, 2.75) is 38.6 Å². The van der Waals surface area contributed by atoms with Crippen LogP contribution in [0.15, 0.2) is 36.5 Å². The van der Waals surface area contributed by atoms with Crippen LogP contribution in [-0.4, -0.2) is 22.6 Å². The number of piperidine rings is 1. The molecule has 2 atom stereocenters. The van der Waals surface area contributed by atoms with Crippen LogP contribution in [0.2, 0.25) is 0 Å². The first kappa shape index (κ1) is 16.0. The van der Waals surface area contributed by atoms with Gasteiger partial charge in [0.1, 0.15) is 11.7 Å². The molecule has 3 aromatic heterocycles. The van der Waals surface area contributed by atoms with Gasteiger partial charge in [0, 0.05) is 16.8 Å². The summed E-state index contributed by atoms with van der Waals surface area (Å²) in [4.78, 5) is 13.3. The second-order valence-corrected chi connectivity index (χ2v) is 8.45. The zero-order chi connectivity index (χ0) is 17.7. The van der Waals surface area contributed by atoms with E-state index in [2.05, 4.69) is 65.7 Å². The third-order valence-corrected chi connectivity index (χ3v) is 6.84. The third kappa shape index (κ3) is 2.63. The average molecular weight is 364 g/mol. The maximum atomic E-state index is 4.95. The van der Waals surface area contributed by atoms with Gasteiger partial charge in [0.05, 0.1) is 16.5 Å². The first-order valence-electron chi connectivity index (χ1n) is 9.32. The lowest BCUT2D eigenvalue weighted by molar-refractivity contribution is -0.397. The molecule has 1 saturated heterocycles. The predicted octanol–water partition coefficient (Wildman–Crippen LogP) is 4.42. The fraction of sp³-hybridized carbons (Fsp3) is 0.333. The van der Waals surface area contributed by atoms with Crippen molar-refractivity contribution >= 4 is 32.5 Å². The highest BCUT2D eigenvalue weighted by atomic mass is 32.1. The number of aromatic amines is 2. The molecule has 0 amide bonds. The molecule has 2 unspecified atom stereocenters. The predicted molar refractivity (Wildman–Crippen MR) is 108 cm³/mol. The number of fused-ring (bicyclic) bond motifs is 2. The Balaban J connectivity index is 1.56. The Kier molecular flexibility index (Phi) is 3.80. The summed E-state index contributed by atoms with van der Waals surface area (Å²) < 4.78 is 1.34. The molecular weight excluding hydrogens is 340 g/mol. The molecular formula is C21H23N4S+. The molecule has 1 aliphatic rings. The molecule has 26 heavy (non-hydrogen) atoms. The summed E-state index contributed by atoms with van der Waals surface area (Å²) in [5, 5.41) is 4.86. The number of aromatic nitrogens is 3. The van der Waals surface area contributed by atoms with Crippen LogP contribution in [0.4, 0.5) is 0 Å². The molecule has 0 bridgehead atoms. The van der Waals surface area contributed by atoms with E-state index in [1.54, 1.807) is 0 Å². The van der Waals surface area contributed by atoms with E-state index in [1.807, 2.05) is 11.3 Å². The molecule has 132 valence electrons. The Morgan fingerprint density at radius 1 is 1.27 bits per heavy atom. The standard InChI is InChI=1S/C21H22N4S/c1-12-9-14(7-8-22-12)21-23-11-18-16(25-21)10-17(24-18)20-13(2)15-5-3-4-6-19(15)26-20/h3-6,10-12,14,22,24H,7-9H2,1-2H3/p+1. The van der Waals surface area contributed by atoms with Crippen LogP contribution in [-0.2, 0) is 0 Å². The molecule has 0 radical (unpaired) electrons. The summed E-state index contributed by atoms with van der Waals surface area (Å²) >= 11 is 1.85. The molecule has 5 heteroatoms. The minimum Gasteiger partial charge on any atom is -0.348 e. The summed E-state index contributed by atoms with van der Waals surface area (Å²) in [6.45, 7) is 5.53. The minimum absolute atomic E-state index is 0.514. The largest absolute Gasteiger partial charge is 0.348 e. The number of benzene rings is 1. The Labute approximate surface area is 156 Å². The van der Waals surface area contributed by atoms with Crippen LogP contribution in [0.3, 0.4) is 0 Å². The first-order valence-corrected chi connectivity index (χ1v) is 10.1. The monoisotopic (exact) mass is 363 g/mol. The van der Waals surface area contributed by atoms with Crippen molar-refractivity contribution in [1.29, 1.82) is 0 Å². The fourth-order valence-corrected chi connectivity index (χ4v) is 5.29. The van der Waals surface area contributed by atoms with Crippen molar-refractivity contribution in [3.63, 3.8) is 0 Å². The van der Waals surface area contributed by atoms with Gasteiger partial charge in [0.2, 0.25) is 5.52 Å². The molecule has 4 aromatic rings. The Morgan fingerprint density at radius 3 is 3.00 bits per heavy atom. The van der Waals surface area contributed by atoms with Gasteiger partial charge in [0.25, 0.3) is 5.82 Å². The Morgan fingerprint density at radius 2 is 2.15 bits per heavy atom. The molecule has 4 heterocycles. The van der Waals surface area contributed by atoms with Crippen LogP contribution in [0.1, 0.15) is 37.1 Å². The number of nitrogens with zero attached hydrogens (tertiary/aromatic N) is 1. The minimum atomic E-state index is 0.514. The van der Waals surface area contributed by atoms with Crippen molar-refractivity contribution in [1.82, 2.24) is 15.3 Å². The Hall–Kier alpha value is -2.24. The van der Waals surface area contributed by atoms with Gasteiger partial charge < -0.3 is 10.3 Å². The number of nitrogens with one attached hydrogen (secondary N) is 3. The highest BCUT2D eigenvalue weighted by molar-refractivity contribution is 7.22. The highest BCUT2D eigenvalue weighted by Crippen LogP contribution is 2.38. The number of hydrogen-bond acceptors (Lipinski definition) is 3. The van der Waals surface area contributed by atoms with Gasteiger partial charge in [-0.3, -0.25) is 0 Å². The third-order valence-electron chi connectivity index (χ3n) is 5.53. The molecule has 5 rings (SSSR count). The van der Waals surface area contributed by atoms with Crippen molar-refractivity contribution in [2.24, 2.45) is 0 Å². The summed E-state index contributed by atoms with van der Waals surface area (Å²) in [6, 6.07) is 11.4. The number of hydrogen-bond donors (Lipinski definition) is 2. The fourth-order valence-electron chi connectivity index (χ4n) is 4.11. The van der Waals surface area contributed by atoms with Gasteiger partial charge in [-0.25, -0.2) is 4.98 Å². The first-order chi connectivity index (χ1) is 12.7. The molecule has 1 fully saturated rings. The second-order valence-electron chi connectivity index (χ2n) is 7.40. The van der Waals surface area contributed by atoms with E-state index in [9.17, 15) is 0 Å². The van der Waals surface area contributed by atoms with Crippen LogP contribution in [0, 0.1) is 6.92 Å². The number of H-pyrrole nitrogens is 2. The second kappa shape index (κ2) is 6.18. The maximum Gasteiger partial charge on any atom is 0.300 e. The molecule has 0 aliphatic carbocycles. The normalized spacial score (nSPS) is 20.8. The topological polar surface area (TPSA) is 54.9 Å². The summed E-state index contributed by atoms with van der Waals surface area (Å²) in [5.41, 5.74) is 4.63. The van der Waals surface area contributed by atoms with E-state index in [0.717, 1.165) is 41.9 Å². The quantitative estimate of drug-likeness (QED) is 0.554. The van der Waals surface area contributed by atoms with Gasteiger partial charge in [-0.15, -0.1) is 11.3 Å². The van der Waals surface area contributed by atoms with Crippen molar-refractivity contribution in [2.75, 3.05) is 6.54 Å². The lowest BCUT2D eigenvalue weighted by Crippen LogP contribution is -2.36. The van der Waals surface area contributed by atoms with Gasteiger partial charge in [-0.1, -0.05) is 18.2 Å². The van der Waals surface area contributed by atoms with Crippen molar-refractivity contribution < 1.29 is 4.98 Å².